The molecule has 5 heterocycles. The number of aromatic nitrogens is 3. The molecule has 5 rings (SSSR count). The van der Waals surface area contributed by atoms with Crippen LogP contribution in [0.2, 0.25) is 0 Å². The molecule has 2 unspecified atom stereocenters. The van der Waals surface area contributed by atoms with E-state index in [4.69, 9.17) is 4.74 Å². The van der Waals surface area contributed by atoms with Crippen molar-refractivity contribution >= 4 is 32.7 Å². The number of pyridine rings is 1. The molecule has 3 aromatic rings. The van der Waals surface area contributed by atoms with E-state index in [9.17, 15) is 17.2 Å². The summed E-state index contributed by atoms with van der Waals surface area (Å²) in [4.78, 5) is 2.24. The molecule has 0 radical (unpaired) electrons. The zero-order valence-corrected chi connectivity index (χ0v) is 21.5. The summed E-state index contributed by atoms with van der Waals surface area (Å²) < 4.78 is 63.5. The highest BCUT2D eigenvalue weighted by molar-refractivity contribution is 7.89. The van der Waals surface area contributed by atoms with Crippen molar-refractivity contribution < 1.29 is 21.9 Å². The monoisotopic (exact) mass is 526 g/mol. The summed E-state index contributed by atoms with van der Waals surface area (Å²) in [7, 11) is -3.91. The van der Waals surface area contributed by atoms with Crippen LogP contribution in [0.3, 0.4) is 0 Å². The normalized spacial score (nSPS) is 27.5. The Bertz CT molecular complexity index is 1350. The minimum atomic E-state index is -3.91. The first-order valence-electron chi connectivity index (χ1n) is 11.4. The average Bonchev–Trinajstić information content (AvgIpc) is 3.43. The van der Waals surface area contributed by atoms with E-state index in [0.29, 0.717) is 35.0 Å². The summed E-state index contributed by atoms with van der Waals surface area (Å²) in [6, 6.07) is 5.39. The third kappa shape index (κ3) is 4.44. The van der Waals surface area contributed by atoms with Gasteiger partial charge in [-0.05, 0) is 45.9 Å². The van der Waals surface area contributed by atoms with Gasteiger partial charge in [-0.25, -0.2) is 21.9 Å². The van der Waals surface area contributed by atoms with E-state index in [0.717, 1.165) is 11.3 Å². The zero-order valence-electron chi connectivity index (χ0n) is 19.8. The maximum atomic E-state index is 13.5. The molecule has 13 heteroatoms. The molecule has 2 N–H and O–H groups in total. The topological polar surface area (TPSA) is 101 Å². The maximum absolute atomic E-state index is 13.5. The number of anilines is 1. The molecule has 0 saturated carbocycles. The SMILES string of the molecule is CC1OCC1(C)NS(=O)(=O)c1cc(N2C[C@H](C)N[C@@H](C)C2)n2ccc(-c3nnc(C(F)F)s3)c2c1. The fourth-order valence-electron chi connectivity index (χ4n) is 4.67. The molecule has 0 bridgehead atoms. The number of piperazine rings is 1. The maximum Gasteiger partial charge on any atom is 0.291 e. The van der Waals surface area contributed by atoms with Gasteiger partial charge in [0.05, 0.1) is 28.7 Å². The lowest BCUT2D eigenvalue weighted by atomic mass is 9.93. The summed E-state index contributed by atoms with van der Waals surface area (Å²) in [5.41, 5.74) is 0.400. The fourth-order valence-corrected chi connectivity index (χ4v) is 6.89. The third-order valence-corrected chi connectivity index (χ3v) is 9.23. The Morgan fingerprint density at radius 1 is 1.23 bits per heavy atom. The molecule has 0 aliphatic carbocycles. The molecule has 190 valence electrons. The second-order valence-corrected chi connectivity index (χ2v) is 12.3. The number of rotatable bonds is 6. The van der Waals surface area contributed by atoms with Gasteiger partial charge in [-0.2, -0.15) is 0 Å². The molecule has 9 nitrogen and oxygen atoms in total. The molecule has 3 aromatic heterocycles. The molecule has 0 aromatic carbocycles. The van der Waals surface area contributed by atoms with Crippen molar-refractivity contribution in [2.45, 2.75) is 62.7 Å². The highest BCUT2D eigenvalue weighted by Crippen LogP contribution is 2.36. The first-order valence-corrected chi connectivity index (χ1v) is 13.7. The van der Waals surface area contributed by atoms with Crippen molar-refractivity contribution in [3.8, 4) is 10.6 Å². The van der Waals surface area contributed by atoms with Crippen LogP contribution in [0, 0.1) is 0 Å². The van der Waals surface area contributed by atoms with Crippen LogP contribution in [0.15, 0.2) is 29.3 Å². The molecular weight excluding hydrogens is 498 g/mol. The first-order chi connectivity index (χ1) is 16.5. The van der Waals surface area contributed by atoms with E-state index in [2.05, 4.69) is 39.0 Å². The fraction of sp³-hybridized carbons (Fsp3) is 0.545. The molecule has 2 aliphatic heterocycles. The Morgan fingerprint density at radius 3 is 2.51 bits per heavy atom. The Balaban J connectivity index is 1.65. The van der Waals surface area contributed by atoms with Crippen molar-refractivity contribution in [2.75, 3.05) is 24.6 Å². The number of halogens is 2. The Kier molecular flexibility index (Phi) is 6.11. The number of nitrogens with zero attached hydrogens (tertiary/aromatic N) is 4. The molecule has 2 aliphatic rings. The molecule has 0 amide bonds. The van der Waals surface area contributed by atoms with E-state index in [1.807, 2.05) is 24.4 Å². The molecule has 0 spiro atoms. The van der Waals surface area contributed by atoms with Crippen molar-refractivity contribution in [3.63, 3.8) is 0 Å². The number of ether oxygens (including phenoxy) is 1. The van der Waals surface area contributed by atoms with Crippen LogP contribution in [-0.2, 0) is 14.8 Å². The molecule has 2 fully saturated rings. The van der Waals surface area contributed by atoms with Gasteiger partial charge in [-0.3, -0.25) is 0 Å². The zero-order chi connectivity index (χ0) is 25.1. The lowest BCUT2D eigenvalue weighted by Crippen LogP contribution is -2.65. The predicted octanol–water partition coefficient (Wildman–Crippen LogP) is 3.04. The molecule has 35 heavy (non-hydrogen) atoms. The van der Waals surface area contributed by atoms with Gasteiger partial charge in [0.1, 0.15) is 10.8 Å². The quantitative estimate of drug-likeness (QED) is 0.509. The predicted molar refractivity (Wildman–Crippen MR) is 130 cm³/mol. The number of sulfonamides is 1. The van der Waals surface area contributed by atoms with Crippen molar-refractivity contribution in [1.82, 2.24) is 24.6 Å². The van der Waals surface area contributed by atoms with Gasteiger partial charge < -0.3 is 19.4 Å². The lowest BCUT2D eigenvalue weighted by molar-refractivity contribution is -0.120. The summed E-state index contributed by atoms with van der Waals surface area (Å²) in [5.74, 6) is 0.705. The minimum Gasteiger partial charge on any atom is -0.374 e. The van der Waals surface area contributed by atoms with Gasteiger partial charge in [0.25, 0.3) is 6.43 Å². The molecule has 4 atom stereocenters. The lowest BCUT2D eigenvalue weighted by Gasteiger charge is -2.45. The highest BCUT2D eigenvalue weighted by Gasteiger charge is 2.44. The smallest absolute Gasteiger partial charge is 0.291 e. The van der Waals surface area contributed by atoms with Crippen LogP contribution >= 0.6 is 11.3 Å². The number of hydrogen-bond acceptors (Lipinski definition) is 8. The van der Waals surface area contributed by atoms with Gasteiger partial charge >= 0.3 is 0 Å². The average molecular weight is 527 g/mol. The van der Waals surface area contributed by atoms with Crippen molar-refractivity contribution in [2.24, 2.45) is 0 Å². The largest absolute Gasteiger partial charge is 0.374 e. The highest BCUT2D eigenvalue weighted by atomic mass is 32.2. The van der Waals surface area contributed by atoms with E-state index < -0.39 is 22.0 Å². The van der Waals surface area contributed by atoms with Crippen LogP contribution < -0.4 is 14.9 Å². The molecule has 2 saturated heterocycles. The van der Waals surface area contributed by atoms with Gasteiger partial charge in [0, 0.05) is 36.9 Å². The number of fused-ring (bicyclic) bond motifs is 1. The second-order valence-electron chi connectivity index (χ2n) is 9.63. The number of alkyl halides is 2. The second kappa shape index (κ2) is 8.73. The van der Waals surface area contributed by atoms with Crippen LogP contribution in [-0.4, -0.2) is 66.4 Å². The van der Waals surface area contributed by atoms with Crippen molar-refractivity contribution in [1.29, 1.82) is 0 Å². The van der Waals surface area contributed by atoms with Crippen LogP contribution in [0.4, 0.5) is 14.6 Å². The third-order valence-electron chi connectivity index (χ3n) is 6.67. The van der Waals surface area contributed by atoms with Crippen molar-refractivity contribution in [3.05, 3.63) is 29.4 Å². The molecular formula is C22H28F2N6O3S2. The number of nitrogens with one attached hydrogen (secondary N) is 2. The van der Waals surface area contributed by atoms with Crippen LogP contribution in [0.25, 0.3) is 16.1 Å². The summed E-state index contributed by atoms with van der Waals surface area (Å²) in [6.45, 7) is 9.44. The first kappa shape index (κ1) is 24.5. The van der Waals surface area contributed by atoms with Gasteiger partial charge in [-0.15, -0.1) is 10.2 Å². The van der Waals surface area contributed by atoms with E-state index >= 15 is 0 Å². The van der Waals surface area contributed by atoms with E-state index in [1.54, 1.807) is 18.2 Å². The standard InChI is InChI=1S/C22H28F2N6O3S2/c1-12-9-29(10-13(2)25-12)18-8-15(35(31,32)28-22(4)11-33-14(22)3)7-17-16(5-6-30(17)18)20-26-27-21(34-20)19(23)24/h5-8,12-14,19,25,28H,9-11H2,1-4H3/t12-,13-,14?,22?/m0/s1. The Morgan fingerprint density at radius 2 is 1.94 bits per heavy atom. The Hall–Kier alpha value is -2.19. The van der Waals surface area contributed by atoms with Crippen LogP contribution in [0.1, 0.15) is 39.1 Å². The summed E-state index contributed by atoms with van der Waals surface area (Å²) in [5, 5.41) is 11.0. The van der Waals surface area contributed by atoms with E-state index in [1.165, 1.54) is 0 Å². The number of hydrogen-bond donors (Lipinski definition) is 2. The summed E-state index contributed by atoms with van der Waals surface area (Å²) in [6.07, 6.45) is -1.16. The summed E-state index contributed by atoms with van der Waals surface area (Å²) >= 11 is 0.801. The Labute approximate surface area is 206 Å². The van der Waals surface area contributed by atoms with Gasteiger partial charge in [0.2, 0.25) is 10.0 Å². The minimum absolute atomic E-state index is 0.0951. The van der Waals surface area contributed by atoms with E-state index in [-0.39, 0.29) is 34.7 Å². The van der Waals surface area contributed by atoms with Crippen LogP contribution in [0.5, 0.6) is 0 Å². The van der Waals surface area contributed by atoms with Gasteiger partial charge in [0.15, 0.2) is 5.01 Å². The van der Waals surface area contributed by atoms with Gasteiger partial charge in [-0.1, -0.05) is 11.3 Å².